The minimum Gasteiger partial charge on any atom is -0.252 e. The van der Waals surface area contributed by atoms with Crippen LogP contribution in [0.4, 0.5) is 0 Å². The maximum atomic E-state index is 3.89. The largest absolute Gasteiger partial charge is 0.252 e. The topological polar surface area (TPSA) is 12.9 Å². The summed E-state index contributed by atoms with van der Waals surface area (Å²) in [6, 6.07) is 0. The molecule has 38 valence electrons. The second-order valence-electron chi connectivity index (χ2n) is 0.898. The van der Waals surface area contributed by atoms with E-state index in [2.05, 4.69) is 26.2 Å². The molecule has 0 amide bonds. The Morgan fingerprint density at radius 1 is 1.86 bits per heavy atom. The molecule has 0 fully saturated rings. The highest BCUT2D eigenvalue weighted by Gasteiger charge is 1.86. The highest BCUT2D eigenvalue weighted by molar-refractivity contribution is 14.2. The second kappa shape index (κ2) is 2.88. The van der Waals surface area contributed by atoms with Gasteiger partial charge in [0, 0.05) is 21.2 Å². The molecular formula is C3H2INS2. The Morgan fingerprint density at radius 3 is 3.00 bits per heavy atom. The van der Waals surface area contributed by atoms with Gasteiger partial charge in [-0.1, -0.05) is 0 Å². The molecule has 0 aliphatic carbocycles. The maximum absolute atomic E-state index is 3.89. The number of hydrogen-bond acceptors (Lipinski definition) is 3. The molecule has 7 heavy (non-hydrogen) atoms. The van der Waals surface area contributed by atoms with E-state index in [4.69, 9.17) is 0 Å². The number of rotatable bonds is 1. The van der Waals surface area contributed by atoms with Crippen LogP contribution in [0.25, 0.3) is 0 Å². The van der Waals surface area contributed by atoms with E-state index in [9.17, 15) is 0 Å². The van der Waals surface area contributed by atoms with Crippen molar-refractivity contribution in [2.24, 2.45) is 0 Å². The Morgan fingerprint density at radius 2 is 2.71 bits per heavy atom. The summed E-state index contributed by atoms with van der Waals surface area (Å²) in [6.45, 7) is 0. The van der Waals surface area contributed by atoms with Crippen molar-refractivity contribution >= 4 is 41.5 Å². The van der Waals surface area contributed by atoms with E-state index >= 15 is 0 Å². The van der Waals surface area contributed by atoms with Gasteiger partial charge in [0.25, 0.3) is 0 Å². The highest BCUT2D eigenvalue weighted by Crippen LogP contribution is 2.27. The summed E-state index contributed by atoms with van der Waals surface area (Å²) in [5, 5.41) is 0. The zero-order chi connectivity index (χ0) is 5.11. The standard InChI is InChI=1S/C3H2INS2/c4-7-3-1-5-2-6-3/h1-2H. The summed E-state index contributed by atoms with van der Waals surface area (Å²) in [7, 11) is 1.70. The van der Waals surface area contributed by atoms with Gasteiger partial charge in [-0.05, 0) is 8.93 Å². The van der Waals surface area contributed by atoms with Crippen molar-refractivity contribution in [3.8, 4) is 0 Å². The molecule has 1 heterocycles. The van der Waals surface area contributed by atoms with E-state index in [-0.39, 0.29) is 0 Å². The first-order chi connectivity index (χ1) is 3.43. The van der Waals surface area contributed by atoms with Gasteiger partial charge in [0.05, 0.1) is 15.9 Å². The first-order valence-corrected chi connectivity index (χ1v) is 5.84. The van der Waals surface area contributed by atoms with Crippen LogP contribution in [0.15, 0.2) is 15.9 Å². The van der Waals surface area contributed by atoms with Gasteiger partial charge >= 0.3 is 0 Å². The summed E-state index contributed by atoms with van der Waals surface area (Å²) in [5.74, 6) is 0. The van der Waals surface area contributed by atoms with Crippen molar-refractivity contribution in [2.45, 2.75) is 4.21 Å². The minimum absolute atomic E-state index is 1.26. The molecule has 1 aromatic rings. The van der Waals surface area contributed by atoms with Crippen molar-refractivity contribution in [1.29, 1.82) is 0 Å². The van der Waals surface area contributed by atoms with Crippen LogP contribution in [0.2, 0.25) is 0 Å². The molecule has 0 saturated carbocycles. The summed E-state index contributed by atoms with van der Waals surface area (Å²) in [6.07, 6.45) is 1.86. The molecule has 0 aliphatic rings. The Labute approximate surface area is 62.1 Å². The minimum atomic E-state index is 1.26. The van der Waals surface area contributed by atoms with E-state index < -0.39 is 0 Å². The van der Waals surface area contributed by atoms with Crippen molar-refractivity contribution in [3.63, 3.8) is 0 Å². The van der Waals surface area contributed by atoms with E-state index in [0.717, 1.165) is 0 Å². The van der Waals surface area contributed by atoms with Crippen molar-refractivity contribution < 1.29 is 0 Å². The Kier molecular flexibility index (Phi) is 2.41. The molecular weight excluding hydrogens is 241 g/mol. The predicted octanol–water partition coefficient (Wildman–Crippen LogP) is 2.59. The van der Waals surface area contributed by atoms with E-state index in [1.54, 1.807) is 20.3 Å². The zero-order valence-corrected chi connectivity index (χ0v) is 7.09. The molecule has 0 radical (unpaired) electrons. The lowest BCUT2D eigenvalue weighted by Gasteiger charge is -1.73. The number of thiazole rings is 1. The first-order valence-electron chi connectivity index (χ1n) is 1.60. The number of aromatic nitrogens is 1. The number of hydrogen-bond donors (Lipinski definition) is 0. The summed E-state index contributed by atoms with van der Waals surface area (Å²) in [5.41, 5.74) is 1.83. The van der Waals surface area contributed by atoms with Crippen LogP contribution in [-0.4, -0.2) is 4.98 Å². The summed E-state index contributed by atoms with van der Waals surface area (Å²) in [4.78, 5) is 3.89. The van der Waals surface area contributed by atoms with Gasteiger partial charge in [0.1, 0.15) is 0 Å². The molecule has 0 saturated heterocycles. The average Bonchev–Trinajstić information content (AvgIpc) is 2.14. The average molecular weight is 243 g/mol. The van der Waals surface area contributed by atoms with Gasteiger partial charge in [-0.15, -0.1) is 11.3 Å². The molecule has 0 spiro atoms. The van der Waals surface area contributed by atoms with Crippen LogP contribution in [-0.2, 0) is 0 Å². The van der Waals surface area contributed by atoms with Crippen molar-refractivity contribution in [3.05, 3.63) is 11.7 Å². The number of halogens is 1. The normalized spacial score (nSPS) is 9.29. The van der Waals surface area contributed by atoms with Gasteiger partial charge in [-0.3, -0.25) is 4.98 Å². The van der Waals surface area contributed by atoms with E-state index in [1.165, 1.54) is 4.21 Å². The molecule has 1 rings (SSSR count). The van der Waals surface area contributed by atoms with E-state index in [1.807, 2.05) is 11.7 Å². The third-order valence-corrected chi connectivity index (χ3v) is 4.17. The van der Waals surface area contributed by atoms with Crippen LogP contribution in [0.1, 0.15) is 0 Å². The molecule has 0 bridgehead atoms. The predicted molar refractivity (Wildman–Crippen MR) is 42.0 cm³/mol. The quantitative estimate of drug-likeness (QED) is 0.703. The molecule has 0 atom stereocenters. The third-order valence-electron chi connectivity index (χ3n) is 0.486. The van der Waals surface area contributed by atoms with Gasteiger partial charge < -0.3 is 0 Å². The van der Waals surface area contributed by atoms with Crippen LogP contribution < -0.4 is 0 Å². The molecule has 0 unspecified atom stereocenters. The lowest BCUT2D eigenvalue weighted by Crippen LogP contribution is -1.45. The SMILES string of the molecule is ISc1cncs1. The van der Waals surface area contributed by atoms with Gasteiger partial charge in [0.15, 0.2) is 0 Å². The molecule has 0 aromatic carbocycles. The Balaban J connectivity index is 2.76. The van der Waals surface area contributed by atoms with Crippen LogP contribution in [0, 0.1) is 0 Å². The fourth-order valence-electron chi connectivity index (χ4n) is 0.242. The Bertz CT molecular complexity index is 127. The zero-order valence-electron chi connectivity index (χ0n) is 3.30. The lowest BCUT2D eigenvalue weighted by molar-refractivity contribution is 1.38. The van der Waals surface area contributed by atoms with Crippen LogP contribution >= 0.6 is 41.5 Å². The number of nitrogens with zero attached hydrogens (tertiary/aromatic N) is 1. The monoisotopic (exact) mass is 243 g/mol. The van der Waals surface area contributed by atoms with Gasteiger partial charge in [-0.2, -0.15) is 0 Å². The highest BCUT2D eigenvalue weighted by atomic mass is 127. The fraction of sp³-hybridized carbons (Fsp3) is 0. The van der Waals surface area contributed by atoms with E-state index in [0.29, 0.717) is 0 Å². The molecule has 0 N–H and O–H groups in total. The van der Waals surface area contributed by atoms with Gasteiger partial charge in [-0.25, -0.2) is 0 Å². The maximum Gasteiger partial charge on any atom is 0.0900 e. The van der Waals surface area contributed by atoms with Gasteiger partial charge in [0.2, 0.25) is 0 Å². The third kappa shape index (κ3) is 1.58. The molecule has 1 nitrogen and oxygen atoms in total. The van der Waals surface area contributed by atoms with Crippen LogP contribution in [0.5, 0.6) is 0 Å². The second-order valence-corrected chi connectivity index (χ2v) is 3.96. The fourth-order valence-corrected chi connectivity index (χ4v) is 2.24. The molecule has 1 aromatic heterocycles. The van der Waals surface area contributed by atoms with Crippen molar-refractivity contribution in [1.82, 2.24) is 4.98 Å². The molecule has 0 aliphatic heterocycles. The lowest BCUT2D eigenvalue weighted by atomic mass is 11.0. The smallest absolute Gasteiger partial charge is 0.0900 e. The van der Waals surface area contributed by atoms with Crippen LogP contribution in [0.3, 0.4) is 0 Å². The Hall–Kier alpha value is 0.710. The summed E-state index contributed by atoms with van der Waals surface area (Å²) >= 11 is 3.90. The molecule has 4 heteroatoms. The van der Waals surface area contributed by atoms with Crippen molar-refractivity contribution in [2.75, 3.05) is 0 Å². The summed E-state index contributed by atoms with van der Waals surface area (Å²) < 4.78 is 1.26. The first kappa shape index (κ1) is 5.84.